The van der Waals surface area contributed by atoms with Crippen molar-refractivity contribution in [1.29, 1.82) is 0 Å². The van der Waals surface area contributed by atoms with Crippen molar-refractivity contribution in [3.8, 4) is 0 Å². The van der Waals surface area contributed by atoms with Gasteiger partial charge in [0, 0.05) is 75.4 Å². The Morgan fingerprint density at radius 1 is 0.456 bits per heavy atom. The fourth-order valence-electron chi connectivity index (χ4n) is 8.60. The summed E-state index contributed by atoms with van der Waals surface area (Å²) >= 11 is 0. The van der Waals surface area contributed by atoms with Crippen LogP contribution in [0.15, 0.2) is 0 Å². The average molecular weight is 1150 g/mol. The summed E-state index contributed by atoms with van der Waals surface area (Å²) < 4.78 is 51.8. The van der Waals surface area contributed by atoms with Gasteiger partial charge in [0.2, 0.25) is 23.6 Å². The Morgan fingerprint density at radius 3 is 1.06 bits per heavy atom. The number of Topliss-reactive ketones (excluding diaryl/α,β-unsaturated/α-hetero) is 1. The summed E-state index contributed by atoms with van der Waals surface area (Å²) in [5, 5.41) is 101. The van der Waals surface area contributed by atoms with Crippen molar-refractivity contribution in [2.75, 3.05) is 98.9 Å². The van der Waals surface area contributed by atoms with Crippen molar-refractivity contribution in [3.63, 3.8) is 0 Å². The number of aliphatic hydroxyl groups is 9. The van der Waals surface area contributed by atoms with Crippen molar-refractivity contribution < 1.29 is 113 Å². The molecule has 0 radical (unpaired) electrons. The Balaban J connectivity index is 0.0000213. The molecule has 27 nitrogen and oxygen atoms in total. The first-order valence-corrected chi connectivity index (χ1v) is 27.3. The van der Waals surface area contributed by atoms with E-state index in [-0.39, 0.29) is 154 Å². The van der Waals surface area contributed by atoms with Crippen LogP contribution in [0.2, 0.25) is 0 Å². The Hall–Kier alpha value is -3.17. The Bertz CT molecular complexity index is 1570. The molecule has 3 fully saturated rings. The molecule has 4 amide bonds. The van der Waals surface area contributed by atoms with Crippen LogP contribution in [0.5, 0.6) is 0 Å². The summed E-state index contributed by atoms with van der Waals surface area (Å²) in [4.78, 5) is 64.4. The van der Waals surface area contributed by atoms with Crippen LogP contribution in [-0.4, -0.2) is 254 Å². The molecule has 3 heterocycles. The van der Waals surface area contributed by atoms with Gasteiger partial charge in [0.1, 0.15) is 47.9 Å². The highest BCUT2D eigenvalue weighted by molar-refractivity contribution is 5.82. The van der Waals surface area contributed by atoms with E-state index < -0.39 is 123 Å². The molecule has 3 rings (SSSR count). The largest absolute Gasteiger partial charge is 0.394 e. The first-order valence-electron chi connectivity index (χ1n) is 27.3. The lowest BCUT2D eigenvalue weighted by Crippen LogP contribution is -2.58. The molecule has 0 aliphatic carbocycles. The lowest BCUT2D eigenvalue weighted by molar-refractivity contribution is -0.282. The number of carbonyl (C=O) groups is 5. The van der Waals surface area contributed by atoms with Crippen LogP contribution in [0.25, 0.3) is 0 Å². The minimum atomic E-state index is -1.42. The number of carbonyl (C=O) groups excluding carboxylic acids is 5. The lowest BCUT2D eigenvalue weighted by atomic mass is 9.92. The molecule has 3 saturated heterocycles. The third kappa shape index (κ3) is 25.1. The van der Waals surface area contributed by atoms with Crippen LogP contribution in [0.4, 0.5) is 0 Å². The Labute approximate surface area is 464 Å². The molecule has 0 saturated carbocycles. The number of amides is 4. The van der Waals surface area contributed by atoms with E-state index in [1.807, 2.05) is 0 Å². The molecule has 27 heteroatoms. The van der Waals surface area contributed by atoms with Gasteiger partial charge in [-0.2, -0.15) is 0 Å². The maximum atomic E-state index is 13.6. The molecule has 79 heavy (non-hydrogen) atoms. The summed E-state index contributed by atoms with van der Waals surface area (Å²) in [6.07, 6.45) is -11.7. The summed E-state index contributed by atoms with van der Waals surface area (Å²) in [5.74, 6) is -3.48. The molecule has 462 valence electrons. The summed E-state index contributed by atoms with van der Waals surface area (Å²) in [7, 11) is 0. The summed E-state index contributed by atoms with van der Waals surface area (Å²) in [6, 6.07) is 0. The van der Waals surface area contributed by atoms with Crippen molar-refractivity contribution in [3.05, 3.63) is 0 Å². The highest BCUT2D eigenvalue weighted by atomic mass is 16.7. The normalized spacial score (nSPS) is 29.7. The summed E-state index contributed by atoms with van der Waals surface area (Å²) in [5.41, 5.74) is -1.42. The van der Waals surface area contributed by atoms with Gasteiger partial charge in [-0.15, -0.1) is 0 Å². The van der Waals surface area contributed by atoms with Gasteiger partial charge in [0.25, 0.3) is 0 Å². The number of rotatable bonds is 39. The van der Waals surface area contributed by atoms with Gasteiger partial charge in [-0.3, -0.25) is 24.0 Å². The molecule has 0 aromatic rings. The van der Waals surface area contributed by atoms with Gasteiger partial charge in [-0.05, 0) is 25.7 Å². The van der Waals surface area contributed by atoms with Crippen molar-refractivity contribution in [1.82, 2.24) is 21.3 Å². The second-order valence-corrected chi connectivity index (χ2v) is 20.6. The quantitative estimate of drug-likeness (QED) is 0.0271. The molecular weight excluding hydrogens is 1050 g/mol. The van der Waals surface area contributed by atoms with E-state index in [9.17, 15) is 69.9 Å². The van der Waals surface area contributed by atoms with E-state index in [4.69, 9.17) is 42.6 Å². The molecule has 13 N–H and O–H groups in total. The molecule has 0 aromatic heterocycles. The van der Waals surface area contributed by atoms with Crippen LogP contribution in [0.3, 0.4) is 0 Å². The first kappa shape index (κ1) is 71.9. The Morgan fingerprint density at radius 2 is 0.772 bits per heavy atom. The number of ketones is 1. The SMILES string of the molecule is C.CC(C)C(=O)CCCC(=O)NC(COCCC(=O)NCCCO[C@@H]1OC(CO)[C@H](O)[C@H](O)C1C)(COCCC(=O)NCCCO[C@@H]1OC(CO)[C@H](O)[C@H](O)C1C)COCCC(=O)NCCCO[C@@H]1OC(CO)[C@H](O)[C@H](O)C1C. The monoisotopic (exact) mass is 1140 g/mol. The predicted molar refractivity (Wildman–Crippen MR) is 279 cm³/mol. The molecule has 3 aliphatic heterocycles. The predicted octanol–water partition coefficient (Wildman–Crippen LogP) is -3.11. The number of hydrogen-bond acceptors (Lipinski definition) is 23. The standard InChI is InChI=1S/C51H92N4O23.CH4/c1-30(2)34(59)10-6-11-41(63)55-51(27-70-21-12-38(60)52-15-7-18-73-48-31(3)42(64)45(67)35(24-56)76-48,28-71-22-13-39(61)53-16-8-19-74-49-32(4)43(65)46(68)36(25-57)77-49)29-72-23-14-40(62)54-17-9-20-75-50-33(5)44(66)47(69)37(26-58)78-50;/h30-33,35-37,42-50,56-58,64-69H,6-29H2,1-5H3,(H,52,60)(H,53,61)(H,54,62)(H,55,63);1H4/t31?,32?,33?,35?,36?,37?,42-,43-,44-,45+,46+,47+,48-,49-,50-,51?;/m1./s1. The van der Waals surface area contributed by atoms with E-state index in [0.29, 0.717) is 19.3 Å². The van der Waals surface area contributed by atoms with E-state index in [1.165, 1.54) is 0 Å². The van der Waals surface area contributed by atoms with Gasteiger partial charge in [-0.25, -0.2) is 0 Å². The van der Waals surface area contributed by atoms with Gasteiger partial charge in [0.15, 0.2) is 18.9 Å². The zero-order chi connectivity index (χ0) is 57.8. The third-order valence-electron chi connectivity index (χ3n) is 13.8. The van der Waals surface area contributed by atoms with Crippen LogP contribution >= 0.6 is 0 Å². The fourth-order valence-corrected chi connectivity index (χ4v) is 8.60. The fraction of sp³-hybridized carbons (Fsp3) is 0.904. The molecule has 0 spiro atoms. The molecule has 0 aromatic carbocycles. The van der Waals surface area contributed by atoms with Crippen molar-refractivity contribution in [2.24, 2.45) is 23.7 Å². The number of nitrogens with one attached hydrogen (secondary N) is 4. The zero-order valence-corrected chi connectivity index (χ0v) is 45.9. The van der Waals surface area contributed by atoms with Crippen LogP contribution in [0, 0.1) is 23.7 Å². The van der Waals surface area contributed by atoms with Crippen molar-refractivity contribution >= 4 is 29.4 Å². The third-order valence-corrected chi connectivity index (χ3v) is 13.8. The van der Waals surface area contributed by atoms with Crippen molar-refractivity contribution in [2.45, 2.75) is 179 Å². The number of ether oxygens (including phenoxy) is 9. The number of aliphatic hydroxyl groups excluding tert-OH is 9. The Kier molecular flexibility index (Phi) is 35.1. The van der Waals surface area contributed by atoms with E-state index in [0.717, 1.165) is 0 Å². The zero-order valence-electron chi connectivity index (χ0n) is 45.9. The molecule has 0 bridgehead atoms. The van der Waals surface area contributed by atoms with Crippen LogP contribution in [-0.2, 0) is 66.6 Å². The van der Waals surface area contributed by atoms with Gasteiger partial charge >= 0.3 is 0 Å². The maximum Gasteiger partial charge on any atom is 0.222 e. The first-order chi connectivity index (χ1) is 37.2. The highest BCUT2D eigenvalue weighted by Gasteiger charge is 2.45. The second kappa shape index (κ2) is 38.6. The number of hydrogen-bond donors (Lipinski definition) is 13. The minimum Gasteiger partial charge on any atom is -0.394 e. The minimum absolute atomic E-state index is 0. The van der Waals surface area contributed by atoms with Gasteiger partial charge in [-0.1, -0.05) is 42.0 Å². The lowest BCUT2D eigenvalue weighted by Gasteiger charge is -2.40. The molecule has 3 aliphatic rings. The average Bonchev–Trinajstić information content (AvgIpc) is 3.43. The molecule has 15 atom stereocenters. The second-order valence-electron chi connectivity index (χ2n) is 20.6. The topological polar surface area (TPSA) is 399 Å². The van der Waals surface area contributed by atoms with E-state index in [1.54, 1.807) is 34.6 Å². The molecule has 6 unspecified atom stereocenters. The van der Waals surface area contributed by atoms with E-state index in [2.05, 4.69) is 21.3 Å². The van der Waals surface area contributed by atoms with Crippen LogP contribution in [0.1, 0.15) is 99.8 Å². The van der Waals surface area contributed by atoms with E-state index >= 15 is 0 Å². The smallest absolute Gasteiger partial charge is 0.222 e. The summed E-state index contributed by atoms with van der Waals surface area (Å²) in [6.45, 7) is 6.96. The van der Waals surface area contributed by atoms with Gasteiger partial charge in [0.05, 0.1) is 97.6 Å². The molecular formula is C52H96N4O23. The highest BCUT2D eigenvalue weighted by Crippen LogP contribution is 2.29. The maximum absolute atomic E-state index is 13.6. The van der Waals surface area contributed by atoms with Gasteiger partial charge < -0.3 is 110 Å². The van der Waals surface area contributed by atoms with Crippen LogP contribution < -0.4 is 21.3 Å².